The molecule has 0 aliphatic carbocycles. The summed E-state index contributed by atoms with van der Waals surface area (Å²) < 4.78 is 4.47. The molecule has 0 aliphatic heterocycles. The summed E-state index contributed by atoms with van der Waals surface area (Å²) in [4.78, 5) is 19.9. The number of pyridine rings is 1. The molecule has 50 heavy (non-hydrogen) atoms. The lowest BCUT2D eigenvalue weighted by Gasteiger charge is -2.11. The maximum absolute atomic E-state index is 5.09. The predicted molar refractivity (Wildman–Crippen MR) is 203 cm³/mol. The molecule has 0 fully saturated rings. The van der Waals surface area contributed by atoms with Crippen LogP contribution < -0.4 is 0 Å². The number of rotatable bonds is 5. The number of hydrogen-bond acceptors (Lipinski definition) is 4. The van der Waals surface area contributed by atoms with Crippen LogP contribution in [0.1, 0.15) is 0 Å². The normalized spacial score (nSPS) is 11.6. The minimum atomic E-state index is 0.575. The quantitative estimate of drug-likeness (QED) is 0.188. The van der Waals surface area contributed by atoms with Crippen molar-refractivity contribution in [2.45, 2.75) is 0 Å². The van der Waals surface area contributed by atoms with Crippen LogP contribution in [0.4, 0.5) is 0 Å². The van der Waals surface area contributed by atoms with Crippen molar-refractivity contribution in [2.75, 3.05) is 0 Å². The molecule has 10 aromatic rings. The SMILES string of the molecule is c1ccc(-c2nc(-c3ccccc3)nc(-n3c4ccccc4c4cc(-c5cncc6c5c5ccccc5n6-c5ccccc5)ccc43)n2)cc1. The Morgan fingerprint density at radius 1 is 0.380 bits per heavy atom. The Labute approximate surface area is 287 Å². The zero-order chi connectivity index (χ0) is 33.0. The van der Waals surface area contributed by atoms with E-state index in [9.17, 15) is 0 Å². The third-order valence-electron chi connectivity index (χ3n) is 9.47. The number of para-hydroxylation sites is 3. The molecule has 4 heterocycles. The van der Waals surface area contributed by atoms with Gasteiger partial charge in [0.25, 0.3) is 0 Å². The lowest BCUT2D eigenvalue weighted by Crippen LogP contribution is -2.06. The van der Waals surface area contributed by atoms with E-state index < -0.39 is 0 Å². The van der Waals surface area contributed by atoms with Crippen LogP contribution in [0.2, 0.25) is 0 Å². The molecule has 6 aromatic carbocycles. The predicted octanol–water partition coefficient (Wildman–Crippen LogP) is 10.5. The highest BCUT2D eigenvalue weighted by molar-refractivity contribution is 6.17. The van der Waals surface area contributed by atoms with Gasteiger partial charge in [-0.1, -0.05) is 121 Å². The molecule has 0 saturated heterocycles. The first kappa shape index (κ1) is 28.1. The second-order valence-corrected chi connectivity index (χ2v) is 12.4. The Kier molecular flexibility index (Phi) is 6.39. The maximum Gasteiger partial charge on any atom is 0.238 e. The van der Waals surface area contributed by atoms with E-state index in [-0.39, 0.29) is 0 Å². The van der Waals surface area contributed by atoms with Crippen LogP contribution in [0.15, 0.2) is 170 Å². The molecule has 0 amide bonds. The summed E-state index contributed by atoms with van der Waals surface area (Å²) >= 11 is 0. The number of hydrogen-bond donors (Lipinski definition) is 0. The first-order valence-corrected chi connectivity index (χ1v) is 16.7. The molecular weight excluding hydrogens is 613 g/mol. The molecule has 10 rings (SSSR count). The third kappa shape index (κ3) is 4.43. The van der Waals surface area contributed by atoms with Crippen molar-refractivity contribution in [1.82, 2.24) is 29.1 Å². The van der Waals surface area contributed by atoms with Crippen molar-refractivity contribution >= 4 is 43.6 Å². The zero-order valence-electron chi connectivity index (χ0n) is 26.8. The van der Waals surface area contributed by atoms with Crippen molar-refractivity contribution in [3.05, 3.63) is 170 Å². The molecule has 0 aliphatic rings. The highest BCUT2D eigenvalue weighted by atomic mass is 15.2. The highest BCUT2D eigenvalue weighted by Crippen LogP contribution is 2.40. The molecule has 234 valence electrons. The van der Waals surface area contributed by atoms with Gasteiger partial charge in [-0.2, -0.15) is 9.97 Å². The fourth-order valence-corrected chi connectivity index (χ4v) is 7.24. The summed E-state index contributed by atoms with van der Waals surface area (Å²) in [6, 6.07) is 54.4. The van der Waals surface area contributed by atoms with E-state index in [4.69, 9.17) is 19.9 Å². The Hall–Kier alpha value is -6.92. The highest BCUT2D eigenvalue weighted by Gasteiger charge is 2.20. The molecule has 0 unspecified atom stereocenters. The molecule has 4 aromatic heterocycles. The minimum Gasteiger partial charge on any atom is -0.308 e. The fourth-order valence-electron chi connectivity index (χ4n) is 7.24. The number of benzene rings is 6. The van der Waals surface area contributed by atoms with Gasteiger partial charge >= 0.3 is 0 Å². The molecule has 0 radical (unpaired) electrons. The first-order valence-electron chi connectivity index (χ1n) is 16.7. The number of aromatic nitrogens is 6. The standard InChI is InChI=1S/C44H28N6/c1-4-14-29(15-5-1)42-46-43(30-16-6-2-7-17-30)48-44(47-42)50-37-22-12-10-20-33(37)35-26-31(24-25-39(35)50)36-27-45-28-40-41(36)34-21-11-13-23-38(34)49(40)32-18-8-3-9-19-32/h1-28H. The van der Waals surface area contributed by atoms with Crippen LogP contribution in [0.25, 0.3) is 89.2 Å². The lowest BCUT2D eigenvalue weighted by atomic mass is 10.00. The molecule has 0 spiro atoms. The lowest BCUT2D eigenvalue weighted by molar-refractivity contribution is 0.953. The average molecular weight is 641 g/mol. The van der Waals surface area contributed by atoms with Gasteiger partial charge in [0.1, 0.15) is 0 Å². The number of nitrogens with zero attached hydrogens (tertiary/aromatic N) is 6. The van der Waals surface area contributed by atoms with Crippen LogP contribution >= 0.6 is 0 Å². The Morgan fingerprint density at radius 3 is 1.62 bits per heavy atom. The van der Waals surface area contributed by atoms with E-state index in [1.165, 1.54) is 10.8 Å². The summed E-state index contributed by atoms with van der Waals surface area (Å²) in [5.74, 6) is 1.83. The van der Waals surface area contributed by atoms with E-state index in [0.717, 1.165) is 60.8 Å². The molecular formula is C44H28N6. The second kappa shape index (κ2) is 11.4. The fraction of sp³-hybridized carbons (Fsp3) is 0. The third-order valence-corrected chi connectivity index (χ3v) is 9.47. The van der Waals surface area contributed by atoms with Crippen molar-refractivity contribution in [1.29, 1.82) is 0 Å². The van der Waals surface area contributed by atoms with Gasteiger partial charge in [0.15, 0.2) is 11.6 Å². The summed E-state index contributed by atoms with van der Waals surface area (Å²) in [6.07, 6.45) is 3.97. The number of fused-ring (bicyclic) bond motifs is 6. The largest absolute Gasteiger partial charge is 0.308 e. The summed E-state index contributed by atoms with van der Waals surface area (Å²) in [6.45, 7) is 0. The van der Waals surface area contributed by atoms with Crippen LogP contribution in [-0.2, 0) is 0 Å². The van der Waals surface area contributed by atoms with Gasteiger partial charge in [-0.25, -0.2) is 4.98 Å². The van der Waals surface area contributed by atoms with Crippen LogP contribution in [-0.4, -0.2) is 29.1 Å². The van der Waals surface area contributed by atoms with Gasteiger partial charge in [0.05, 0.1) is 28.3 Å². The maximum atomic E-state index is 5.09. The topological polar surface area (TPSA) is 61.4 Å². The average Bonchev–Trinajstić information content (AvgIpc) is 3.71. The van der Waals surface area contributed by atoms with Gasteiger partial charge < -0.3 is 4.57 Å². The van der Waals surface area contributed by atoms with E-state index >= 15 is 0 Å². The van der Waals surface area contributed by atoms with Gasteiger partial charge in [-0.15, -0.1) is 0 Å². The molecule has 0 atom stereocenters. The van der Waals surface area contributed by atoms with Gasteiger partial charge in [0, 0.05) is 50.1 Å². The second-order valence-electron chi connectivity index (χ2n) is 12.4. The Balaban J connectivity index is 1.22. The van der Waals surface area contributed by atoms with E-state index in [1.807, 2.05) is 73.1 Å². The Morgan fingerprint density at radius 2 is 0.940 bits per heavy atom. The molecule has 6 heteroatoms. The summed E-state index contributed by atoms with van der Waals surface area (Å²) in [7, 11) is 0. The van der Waals surface area contributed by atoms with E-state index in [2.05, 4.69) is 106 Å². The van der Waals surface area contributed by atoms with Gasteiger partial charge in [0.2, 0.25) is 5.95 Å². The monoisotopic (exact) mass is 640 g/mol. The molecule has 0 N–H and O–H groups in total. The van der Waals surface area contributed by atoms with Crippen molar-refractivity contribution in [3.8, 4) is 45.5 Å². The molecule has 0 bridgehead atoms. The van der Waals surface area contributed by atoms with Crippen molar-refractivity contribution in [2.24, 2.45) is 0 Å². The Bertz CT molecular complexity index is 2800. The van der Waals surface area contributed by atoms with Gasteiger partial charge in [-0.05, 0) is 42.0 Å². The minimum absolute atomic E-state index is 0.575. The first-order chi connectivity index (χ1) is 24.8. The van der Waals surface area contributed by atoms with Crippen molar-refractivity contribution in [3.63, 3.8) is 0 Å². The van der Waals surface area contributed by atoms with Crippen molar-refractivity contribution < 1.29 is 0 Å². The zero-order valence-corrected chi connectivity index (χ0v) is 26.8. The van der Waals surface area contributed by atoms with E-state index in [1.54, 1.807) is 0 Å². The van der Waals surface area contributed by atoms with Crippen LogP contribution in [0.5, 0.6) is 0 Å². The smallest absolute Gasteiger partial charge is 0.238 e. The molecule has 6 nitrogen and oxygen atoms in total. The summed E-state index contributed by atoms with van der Waals surface area (Å²) in [5.41, 5.74) is 9.44. The van der Waals surface area contributed by atoms with Gasteiger partial charge in [-0.3, -0.25) is 9.55 Å². The van der Waals surface area contributed by atoms with E-state index in [0.29, 0.717) is 17.6 Å². The molecule has 0 saturated carbocycles. The summed E-state index contributed by atoms with van der Waals surface area (Å²) in [5, 5.41) is 4.61. The van der Waals surface area contributed by atoms with Crippen LogP contribution in [0.3, 0.4) is 0 Å². The van der Waals surface area contributed by atoms with Crippen LogP contribution in [0, 0.1) is 0 Å².